The minimum Gasteiger partial charge on any atom is -0.454 e. The standard InChI is InChI=1S/C23H20N2O5S/c26-23(24-14-16-8-9-21-22(12-16)30-15-29-21)18-5-3-6-19(13-18)31(27,28)25-11-10-17-4-1-2-7-20(17)25/h1-9,12-13H,10-11,14-15H2,(H,24,26). The van der Waals surface area contributed by atoms with E-state index in [1.807, 2.05) is 36.4 Å². The number of hydrogen-bond acceptors (Lipinski definition) is 5. The van der Waals surface area contributed by atoms with Gasteiger partial charge in [0.2, 0.25) is 6.79 Å². The molecule has 0 bridgehead atoms. The van der Waals surface area contributed by atoms with E-state index in [9.17, 15) is 13.2 Å². The summed E-state index contributed by atoms with van der Waals surface area (Å²) in [5.74, 6) is 0.971. The number of ether oxygens (including phenoxy) is 2. The molecule has 8 heteroatoms. The number of anilines is 1. The largest absolute Gasteiger partial charge is 0.454 e. The predicted molar refractivity (Wildman–Crippen MR) is 115 cm³/mol. The summed E-state index contributed by atoms with van der Waals surface area (Å²) < 4.78 is 38.5. The monoisotopic (exact) mass is 436 g/mol. The molecule has 0 unspecified atom stereocenters. The first-order chi connectivity index (χ1) is 15.0. The van der Waals surface area contributed by atoms with E-state index < -0.39 is 10.0 Å². The van der Waals surface area contributed by atoms with Crippen LogP contribution < -0.4 is 19.1 Å². The Morgan fingerprint density at radius 3 is 2.71 bits per heavy atom. The van der Waals surface area contributed by atoms with Gasteiger partial charge >= 0.3 is 0 Å². The second-order valence-electron chi connectivity index (χ2n) is 7.35. The highest BCUT2D eigenvalue weighted by atomic mass is 32.2. The lowest BCUT2D eigenvalue weighted by atomic mass is 10.2. The smallest absolute Gasteiger partial charge is 0.264 e. The summed E-state index contributed by atoms with van der Waals surface area (Å²) in [6.07, 6.45) is 0.672. The van der Waals surface area contributed by atoms with Crippen LogP contribution in [0.3, 0.4) is 0 Å². The number of nitrogens with one attached hydrogen (secondary N) is 1. The Morgan fingerprint density at radius 2 is 1.81 bits per heavy atom. The van der Waals surface area contributed by atoms with E-state index >= 15 is 0 Å². The van der Waals surface area contributed by atoms with Crippen LogP contribution in [0.4, 0.5) is 5.69 Å². The maximum absolute atomic E-state index is 13.2. The Morgan fingerprint density at radius 1 is 0.968 bits per heavy atom. The SMILES string of the molecule is O=C(NCc1ccc2c(c1)OCO2)c1cccc(S(=O)(=O)N2CCc3ccccc32)c1. The Kier molecular flexibility index (Phi) is 4.78. The van der Waals surface area contributed by atoms with Crippen molar-refractivity contribution in [3.05, 3.63) is 83.4 Å². The van der Waals surface area contributed by atoms with Gasteiger partial charge < -0.3 is 14.8 Å². The quantitative estimate of drug-likeness (QED) is 0.664. The first kappa shape index (κ1) is 19.4. The number of hydrogen-bond donors (Lipinski definition) is 1. The second kappa shape index (κ2) is 7.63. The van der Waals surface area contributed by atoms with Crippen molar-refractivity contribution < 1.29 is 22.7 Å². The Balaban J connectivity index is 1.33. The Bertz CT molecular complexity index is 1270. The molecule has 2 heterocycles. The lowest BCUT2D eigenvalue weighted by molar-refractivity contribution is 0.0950. The van der Waals surface area contributed by atoms with E-state index in [-0.39, 0.29) is 29.7 Å². The second-order valence-corrected chi connectivity index (χ2v) is 9.22. The van der Waals surface area contributed by atoms with Gasteiger partial charge in [-0.15, -0.1) is 0 Å². The number of rotatable bonds is 5. The minimum absolute atomic E-state index is 0.0972. The van der Waals surface area contributed by atoms with E-state index in [1.165, 1.54) is 16.4 Å². The number of sulfonamides is 1. The normalized spacial score (nSPS) is 14.4. The molecule has 3 aromatic carbocycles. The van der Waals surface area contributed by atoms with Gasteiger partial charge in [0.25, 0.3) is 15.9 Å². The van der Waals surface area contributed by atoms with Crippen molar-refractivity contribution in [2.75, 3.05) is 17.6 Å². The molecule has 0 saturated heterocycles. The fourth-order valence-electron chi connectivity index (χ4n) is 3.82. The molecule has 0 aromatic heterocycles. The van der Waals surface area contributed by atoms with Gasteiger partial charge in [0.15, 0.2) is 11.5 Å². The van der Waals surface area contributed by atoms with Crippen molar-refractivity contribution in [3.63, 3.8) is 0 Å². The number of carbonyl (C=O) groups excluding carboxylic acids is 1. The summed E-state index contributed by atoms with van der Waals surface area (Å²) in [6, 6.07) is 19.1. The summed E-state index contributed by atoms with van der Waals surface area (Å²) in [4.78, 5) is 12.8. The molecule has 0 fully saturated rings. The van der Waals surface area contributed by atoms with Gasteiger partial charge in [-0.3, -0.25) is 9.10 Å². The molecule has 0 spiro atoms. The third-order valence-corrected chi connectivity index (χ3v) is 7.23. The highest BCUT2D eigenvalue weighted by Crippen LogP contribution is 2.33. The first-order valence-electron chi connectivity index (χ1n) is 9.90. The van der Waals surface area contributed by atoms with Crippen molar-refractivity contribution in [3.8, 4) is 11.5 Å². The van der Waals surface area contributed by atoms with Gasteiger partial charge in [-0.05, 0) is 53.9 Å². The fourth-order valence-corrected chi connectivity index (χ4v) is 5.37. The topological polar surface area (TPSA) is 84.9 Å². The fraction of sp³-hybridized carbons (Fsp3) is 0.174. The number of para-hydroxylation sites is 1. The van der Waals surface area contributed by atoms with Crippen LogP contribution in [0.25, 0.3) is 0 Å². The zero-order valence-electron chi connectivity index (χ0n) is 16.6. The van der Waals surface area contributed by atoms with E-state index in [2.05, 4.69) is 5.32 Å². The highest BCUT2D eigenvalue weighted by Gasteiger charge is 2.31. The van der Waals surface area contributed by atoms with Crippen molar-refractivity contribution in [1.82, 2.24) is 5.32 Å². The van der Waals surface area contributed by atoms with Crippen molar-refractivity contribution >= 4 is 21.6 Å². The highest BCUT2D eigenvalue weighted by molar-refractivity contribution is 7.92. The lowest BCUT2D eigenvalue weighted by Crippen LogP contribution is -2.29. The van der Waals surface area contributed by atoms with Crippen molar-refractivity contribution in [1.29, 1.82) is 0 Å². The van der Waals surface area contributed by atoms with E-state index in [0.717, 1.165) is 11.1 Å². The molecule has 0 radical (unpaired) electrons. The number of carbonyl (C=O) groups is 1. The molecule has 2 aliphatic rings. The van der Waals surface area contributed by atoms with Gasteiger partial charge in [-0.2, -0.15) is 0 Å². The number of nitrogens with zero attached hydrogens (tertiary/aromatic N) is 1. The number of amides is 1. The average Bonchev–Trinajstić information content (AvgIpc) is 3.44. The molecule has 0 aliphatic carbocycles. The summed E-state index contributed by atoms with van der Waals surface area (Å²) >= 11 is 0. The molecule has 1 N–H and O–H groups in total. The third kappa shape index (κ3) is 3.59. The summed E-state index contributed by atoms with van der Waals surface area (Å²) in [7, 11) is -3.76. The molecule has 5 rings (SSSR count). The van der Waals surface area contributed by atoms with E-state index in [4.69, 9.17) is 9.47 Å². The number of fused-ring (bicyclic) bond motifs is 2. The minimum atomic E-state index is -3.76. The van der Waals surface area contributed by atoms with Gasteiger partial charge in [0.05, 0.1) is 10.6 Å². The zero-order chi connectivity index (χ0) is 21.4. The van der Waals surface area contributed by atoms with Crippen LogP contribution in [0, 0.1) is 0 Å². The van der Waals surface area contributed by atoms with E-state index in [0.29, 0.717) is 30.2 Å². The molecule has 31 heavy (non-hydrogen) atoms. The van der Waals surface area contributed by atoms with Crippen LogP contribution in [0.5, 0.6) is 11.5 Å². The van der Waals surface area contributed by atoms with Crippen molar-refractivity contribution in [2.24, 2.45) is 0 Å². The van der Waals surface area contributed by atoms with Crippen LogP contribution in [0.2, 0.25) is 0 Å². The van der Waals surface area contributed by atoms with E-state index in [1.54, 1.807) is 18.2 Å². The van der Waals surface area contributed by atoms with Crippen LogP contribution in [-0.2, 0) is 23.0 Å². The molecule has 7 nitrogen and oxygen atoms in total. The maximum atomic E-state index is 13.2. The molecule has 0 atom stereocenters. The van der Waals surface area contributed by atoms with Gasteiger partial charge in [-0.25, -0.2) is 8.42 Å². The van der Waals surface area contributed by atoms with Crippen LogP contribution in [0.15, 0.2) is 71.6 Å². The van der Waals surface area contributed by atoms with Crippen LogP contribution >= 0.6 is 0 Å². The summed E-state index contributed by atoms with van der Waals surface area (Å²) in [5.41, 5.74) is 2.84. The third-order valence-electron chi connectivity index (χ3n) is 5.42. The molecule has 158 valence electrons. The van der Waals surface area contributed by atoms with Gasteiger partial charge in [0, 0.05) is 18.7 Å². The molecular formula is C23H20N2O5S. The predicted octanol–water partition coefficient (Wildman–Crippen LogP) is 3.10. The molecule has 0 saturated carbocycles. The maximum Gasteiger partial charge on any atom is 0.264 e. The van der Waals surface area contributed by atoms with Crippen LogP contribution in [-0.4, -0.2) is 27.7 Å². The van der Waals surface area contributed by atoms with Gasteiger partial charge in [0.1, 0.15) is 0 Å². The van der Waals surface area contributed by atoms with Crippen molar-refractivity contribution in [2.45, 2.75) is 17.9 Å². The van der Waals surface area contributed by atoms with Crippen LogP contribution in [0.1, 0.15) is 21.5 Å². The first-order valence-corrected chi connectivity index (χ1v) is 11.3. The lowest BCUT2D eigenvalue weighted by Gasteiger charge is -2.20. The summed E-state index contributed by atoms with van der Waals surface area (Å²) in [5, 5.41) is 2.83. The molecule has 1 amide bonds. The summed E-state index contributed by atoms with van der Waals surface area (Å²) in [6.45, 7) is 0.863. The molecule has 3 aromatic rings. The molecule has 2 aliphatic heterocycles. The average molecular weight is 436 g/mol. The Labute approximate surface area is 180 Å². The Hall–Kier alpha value is -3.52. The number of benzene rings is 3. The van der Waals surface area contributed by atoms with Gasteiger partial charge in [-0.1, -0.05) is 30.3 Å². The molecular weight excluding hydrogens is 416 g/mol. The zero-order valence-corrected chi connectivity index (χ0v) is 17.4.